The molecule has 2 aromatic rings. The molecule has 2 saturated carbocycles. The van der Waals surface area contributed by atoms with Crippen molar-refractivity contribution >= 4 is 6.03 Å². The van der Waals surface area contributed by atoms with Crippen LogP contribution in [0.15, 0.2) is 12.1 Å². The Labute approximate surface area is 208 Å². The molecule has 4 atom stereocenters. The minimum Gasteiger partial charge on any atom is -0.328 e. The van der Waals surface area contributed by atoms with Crippen LogP contribution in [0.4, 0.5) is 18.0 Å². The number of halogens is 3. The number of aromatic amines is 1. The number of nitrogens with one attached hydrogen (secondary N) is 1. The van der Waals surface area contributed by atoms with Gasteiger partial charge in [-0.25, -0.2) is 4.79 Å². The first-order valence-corrected chi connectivity index (χ1v) is 13.1. The van der Waals surface area contributed by atoms with Gasteiger partial charge >= 0.3 is 12.2 Å². The highest BCUT2D eigenvalue weighted by molar-refractivity contribution is 5.75. The maximum Gasteiger partial charge on any atom is 0.435 e. The van der Waals surface area contributed by atoms with Gasteiger partial charge in [-0.05, 0) is 74.8 Å². The normalized spacial score (nSPS) is 29.4. The van der Waals surface area contributed by atoms with Crippen molar-refractivity contribution in [3.8, 4) is 0 Å². The molecule has 194 valence electrons. The molecule has 0 aromatic carbocycles. The van der Waals surface area contributed by atoms with Crippen molar-refractivity contribution in [1.29, 1.82) is 0 Å². The van der Waals surface area contributed by atoms with Crippen LogP contribution in [-0.2, 0) is 18.0 Å². The van der Waals surface area contributed by atoms with Crippen LogP contribution in [0.2, 0.25) is 0 Å². The van der Waals surface area contributed by atoms with Gasteiger partial charge in [0, 0.05) is 37.5 Å². The summed E-state index contributed by atoms with van der Waals surface area (Å²) in [4.78, 5) is 20.8. The fraction of sp³-hybridized carbons (Fsp3) is 0.720. The molecule has 4 unspecified atom stereocenters. The molecule has 8 nitrogen and oxygen atoms in total. The van der Waals surface area contributed by atoms with Gasteiger partial charge in [0.2, 0.25) is 0 Å². The van der Waals surface area contributed by atoms with E-state index in [0.717, 1.165) is 69.3 Å². The fourth-order valence-corrected chi connectivity index (χ4v) is 6.19. The van der Waals surface area contributed by atoms with E-state index in [1.807, 2.05) is 9.80 Å². The molecule has 0 spiro atoms. The van der Waals surface area contributed by atoms with E-state index in [0.29, 0.717) is 43.0 Å². The van der Waals surface area contributed by atoms with Crippen molar-refractivity contribution in [1.82, 2.24) is 35.2 Å². The van der Waals surface area contributed by atoms with Crippen LogP contribution in [0.1, 0.15) is 74.4 Å². The van der Waals surface area contributed by atoms with Gasteiger partial charge in [-0.1, -0.05) is 6.92 Å². The van der Waals surface area contributed by atoms with Gasteiger partial charge in [0.15, 0.2) is 5.69 Å². The molecule has 4 aliphatic rings. The van der Waals surface area contributed by atoms with E-state index in [-0.39, 0.29) is 17.4 Å². The summed E-state index contributed by atoms with van der Waals surface area (Å²) in [5.41, 5.74) is -0.219. The summed E-state index contributed by atoms with van der Waals surface area (Å²) in [6, 6.07) is 2.53. The number of aromatic nitrogens is 5. The number of carbonyl (C=O) groups is 1. The Morgan fingerprint density at radius 2 is 1.92 bits per heavy atom. The minimum absolute atomic E-state index is 0.113. The molecular formula is C25H32F3N7O. The van der Waals surface area contributed by atoms with Crippen LogP contribution < -0.4 is 0 Å². The topological polar surface area (TPSA) is 90.9 Å². The first-order chi connectivity index (χ1) is 17.2. The Hall–Kier alpha value is -2.72. The fourth-order valence-electron chi connectivity index (χ4n) is 6.19. The van der Waals surface area contributed by atoms with E-state index < -0.39 is 11.9 Å². The zero-order valence-corrected chi connectivity index (χ0v) is 20.5. The molecule has 0 radical (unpaired) electrons. The zero-order chi connectivity index (χ0) is 25.1. The van der Waals surface area contributed by atoms with Crippen LogP contribution in [0.25, 0.3) is 0 Å². The SMILES string of the molecule is CC1(c2nnc(C3CC4CN(C(=O)N5CCCC(Cc6ccc(C(F)(F)F)nn6)CC5)CC43)[nH]2)CC1. The van der Waals surface area contributed by atoms with Gasteiger partial charge in [-0.15, -0.1) is 15.3 Å². The van der Waals surface area contributed by atoms with Crippen molar-refractivity contribution in [2.24, 2.45) is 17.8 Å². The monoisotopic (exact) mass is 503 g/mol. The molecule has 0 bridgehead atoms. The molecule has 36 heavy (non-hydrogen) atoms. The number of urea groups is 1. The average molecular weight is 504 g/mol. The van der Waals surface area contributed by atoms with Crippen LogP contribution >= 0.6 is 0 Å². The van der Waals surface area contributed by atoms with Crippen LogP contribution in [0.5, 0.6) is 0 Å². The van der Waals surface area contributed by atoms with E-state index in [9.17, 15) is 18.0 Å². The lowest BCUT2D eigenvalue weighted by atomic mass is 9.66. The Kier molecular flexibility index (Phi) is 5.71. The Morgan fingerprint density at radius 3 is 2.64 bits per heavy atom. The van der Waals surface area contributed by atoms with Crippen molar-refractivity contribution in [2.75, 3.05) is 26.2 Å². The summed E-state index contributed by atoms with van der Waals surface area (Å²) in [5, 5.41) is 16.0. The Bertz CT molecular complexity index is 1110. The second-order valence-corrected chi connectivity index (χ2v) is 11.5. The minimum atomic E-state index is -4.48. The van der Waals surface area contributed by atoms with Gasteiger partial charge in [0.1, 0.15) is 11.6 Å². The smallest absolute Gasteiger partial charge is 0.328 e. The first kappa shape index (κ1) is 23.7. The standard InChI is InChI=1S/C25H32F3N7O/c1-24(7-8-24)22-29-21(32-33-22)18-12-16-13-35(14-19(16)18)23(36)34-9-2-3-15(6-10-34)11-17-4-5-20(31-30-17)25(26,27)28/h4-5,15-16,18-19H,2-3,6-14H2,1H3,(H,29,32,33). The summed E-state index contributed by atoms with van der Waals surface area (Å²) in [6.45, 7) is 5.17. The number of hydrogen-bond donors (Lipinski definition) is 1. The number of fused-ring (bicyclic) bond motifs is 1. The molecule has 11 heteroatoms. The number of H-pyrrole nitrogens is 1. The Morgan fingerprint density at radius 1 is 1.08 bits per heavy atom. The number of nitrogens with zero attached hydrogens (tertiary/aromatic N) is 6. The van der Waals surface area contributed by atoms with E-state index in [4.69, 9.17) is 0 Å². The second-order valence-electron chi connectivity index (χ2n) is 11.5. The molecule has 6 rings (SSSR count). The molecular weight excluding hydrogens is 471 g/mol. The predicted molar refractivity (Wildman–Crippen MR) is 124 cm³/mol. The number of alkyl halides is 3. The number of likely N-dealkylation sites (tertiary alicyclic amines) is 2. The predicted octanol–water partition coefficient (Wildman–Crippen LogP) is 4.17. The first-order valence-electron chi connectivity index (χ1n) is 13.1. The van der Waals surface area contributed by atoms with Crippen LogP contribution in [0.3, 0.4) is 0 Å². The van der Waals surface area contributed by atoms with Crippen molar-refractivity contribution in [3.05, 3.63) is 35.2 Å². The van der Waals surface area contributed by atoms with E-state index in [2.05, 4.69) is 32.3 Å². The quantitative estimate of drug-likeness (QED) is 0.677. The lowest BCUT2D eigenvalue weighted by molar-refractivity contribution is -0.141. The number of amides is 2. The molecule has 1 N–H and O–H groups in total. The highest BCUT2D eigenvalue weighted by Crippen LogP contribution is 2.52. The summed E-state index contributed by atoms with van der Waals surface area (Å²) < 4.78 is 38.2. The third kappa shape index (κ3) is 4.45. The maximum atomic E-state index is 13.3. The molecule has 2 aromatic heterocycles. The molecule has 2 amide bonds. The maximum absolute atomic E-state index is 13.3. The van der Waals surface area contributed by atoms with Gasteiger partial charge in [-0.3, -0.25) is 0 Å². The number of rotatable bonds is 4. The Balaban J connectivity index is 1.01. The molecule has 4 fully saturated rings. The van der Waals surface area contributed by atoms with Crippen molar-refractivity contribution < 1.29 is 18.0 Å². The van der Waals surface area contributed by atoms with E-state index in [1.165, 1.54) is 6.07 Å². The molecule has 4 heterocycles. The van der Waals surface area contributed by atoms with Crippen LogP contribution in [0, 0.1) is 17.8 Å². The van der Waals surface area contributed by atoms with Gasteiger partial charge in [-0.2, -0.15) is 18.3 Å². The third-order valence-electron chi connectivity index (χ3n) is 8.89. The van der Waals surface area contributed by atoms with Gasteiger partial charge in [0.25, 0.3) is 0 Å². The summed E-state index contributed by atoms with van der Waals surface area (Å²) in [7, 11) is 0. The summed E-state index contributed by atoms with van der Waals surface area (Å²) in [6.07, 6.45) is 2.11. The van der Waals surface area contributed by atoms with Gasteiger partial charge in [0.05, 0.1) is 5.69 Å². The lowest BCUT2D eigenvalue weighted by Gasteiger charge is -2.37. The van der Waals surface area contributed by atoms with Crippen molar-refractivity contribution in [2.45, 2.75) is 69.4 Å². The van der Waals surface area contributed by atoms with Gasteiger partial charge < -0.3 is 14.8 Å². The number of hydrogen-bond acceptors (Lipinski definition) is 5. The average Bonchev–Trinajstić information content (AvgIpc) is 3.34. The molecule has 2 saturated heterocycles. The number of carbonyl (C=O) groups excluding carboxylic acids is 1. The van der Waals surface area contributed by atoms with E-state index >= 15 is 0 Å². The highest BCUT2D eigenvalue weighted by Gasteiger charge is 2.51. The molecule has 2 aliphatic carbocycles. The summed E-state index contributed by atoms with van der Waals surface area (Å²) in [5.74, 6) is 3.60. The second kappa shape index (κ2) is 8.69. The highest BCUT2D eigenvalue weighted by atomic mass is 19.4. The van der Waals surface area contributed by atoms with Crippen LogP contribution in [-0.4, -0.2) is 67.4 Å². The zero-order valence-electron chi connectivity index (χ0n) is 20.5. The van der Waals surface area contributed by atoms with E-state index in [1.54, 1.807) is 0 Å². The summed E-state index contributed by atoms with van der Waals surface area (Å²) >= 11 is 0. The largest absolute Gasteiger partial charge is 0.435 e. The van der Waals surface area contributed by atoms with Crippen molar-refractivity contribution in [3.63, 3.8) is 0 Å². The third-order valence-corrected chi connectivity index (χ3v) is 8.89. The molecule has 2 aliphatic heterocycles. The lowest BCUT2D eigenvalue weighted by Crippen LogP contribution is -2.42.